The summed E-state index contributed by atoms with van der Waals surface area (Å²) in [7, 11) is 3.77. The van der Waals surface area contributed by atoms with Crippen molar-refractivity contribution in [2.24, 2.45) is 4.99 Å². The molecule has 0 unspecified atom stereocenters. The van der Waals surface area contributed by atoms with E-state index in [1.165, 1.54) is 0 Å². The summed E-state index contributed by atoms with van der Waals surface area (Å²) < 4.78 is 0. The number of anilines is 1. The van der Waals surface area contributed by atoms with Crippen LogP contribution in [0.4, 0.5) is 5.69 Å². The molecule has 0 amide bonds. The lowest BCUT2D eigenvalue weighted by Gasteiger charge is -2.24. The molecule has 2 aromatic rings. The van der Waals surface area contributed by atoms with Gasteiger partial charge in [-0.25, -0.2) is 10.1 Å². The first kappa shape index (κ1) is 20.3. The Morgan fingerprint density at radius 2 is 2.00 bits per heavy atom. The standard InChI is InChI=1S/C23H24N4O2/c1-26(12-13-28)22-9-6-19(7-10-22)15-21-17-29-27(2)23(25-21)11-8-18-4-3-5-20(14-18)16-24/h3-11,14-15,28H,12-13,17H2,1-2H3/b11-8+,21-15-. The van der Waals surface area contributed by atoms with Gasteiger partial charge < -0.3 is 10.0 Å². The SMILES string of the molecule is CN1OC/C(=C/c2ccc(N(C)CCO)cc2)N=C1/C=C/c1cccc(C#N)c1. The van der Waals surface area contributed by atoms with Crippen molar-refractivity contribution in [3.8, 4) is 6.07 Å². The Morgan fingerprint density at radius 3 is 2.72 bits per heavy atom. The first-order chi connectivity index (χ1) is 14.1. The van der Waals surface area contributed by atoms with E-state index in [4.69, 9.17) is 15.2 Å². The third kappa shape index (κ3) is 5.55. The number of hydroxylamine groups is 2. The van der Waals surface area contributed by atoms with Gasteiger partial charge in [-0.15, -0.1) is 0 Å². The van der Waals surface area contributed by atoms with E-state index in [0.29, 0.717) is 24.6 Å². The lowest BCUT2D eigenvalue weighted by molar-refractivity contribution is -0.0730. The van der Waals surface area contributed by atoms with Crippen LogP contribution in [0.25, 0.3) is 12.2 Å². The zero-order chi connectivity index (χ0) is 20.6. The van der Waals surface area contributed by atoms with Crippen molar-refractivity contribution in [1.82, 2.24) is 5.06 Å². The van der Waals surface area contributed by atoms with Crippen molar-refractivity contribution in [3.63, 3.8) is 0 Å². The summed E-state index contributed by atoms with van der Waals surface area (Å²) in [5, 5.41) is 19.7. The maximum Gasteiger partial charge on any atom is 0.152 e. The van der Waals surface area contributed by atoms with E-state index in [-0.39, 0.29) is 6.61 Å². The molecule has 148 valence electrons. The van der Waals surface area contributed by atoms with Crippen molar-refractivity contribution in [1.29, 1.82) is 5.26 Å². The Hall–Kier alpha value is -3.40. The van der Waals surface area contributed by atoms with Crippen molar-refractivity contribution >= 4 is 23.7 Å². The molecule has 0 saturated carbocycles. The Labute approximate surface area is 171 Å². The van der Waals surface area contributed by atoms with E-state index < -0.39 is 0 Å². The molecule has 0 fully saturated rings. The molecule has 3 rings (SSSR count). The highest BCUT2D eigenvalue weighted by Crippen LogP contribution is 2.18. The number of aliphatic imine (C=N–C) groups is 1. The molecule has 6 heteroatoms. The first-order valence-corrected chi connectivity index (χ1v) is 9.35. The maximum atomic E-state index is 9.05. The summed E-state index contributed by atoms with van der Waals surface area (Å²) >= 11 is 0. The van der Waals surface area contributed by atoms with Gasteiger partial charge >= 0.3 is 0 Å². The van der Waals surface area contributed by atoms with Gasteiger partial charge in [0.1, 0.15) is 6.61 Å². The van der Waals surface area contributed by atoms with E-state index in [1.807, 2.05) is 79.7 Å². The summed E-state index contributed by atoms with van der Waals surface area (Å²) in [6.07, 6.45) is 5.78. The first-order valence-electron chi connectivity index (χ1n) is 9.35. The number of hydrogen-bond acceptors (Lipinski definition) is 6. The number of nitrogens with zero attached hydrogens (tertiary/aromatic N) is 4. The lowest BCUT2D eigenvalue weighted by Crippen LogP contribution is -2.30. The molecule has 1 heterocycles. The van der Waals surface area contributed by atoms with Crippen LogP contribution >= 0.6 is 0 Å². The summed E-state index contributed by atoms with van der Waals surface area (Å²) in [6, 6.07) is 17.6. The average Bonchev–Trinajstić information content (AvgIpc) is 2.75. The fourth-order valence-electron chi connectivity index (χ4n) is 2.87. The molecule has 29 heavy (non-hydrogen) atoms. The van der Waals surface area contributed by atoms with Gasteiger partial charge in [-0.3, -0.25) is 4.84 Å². The monoisotopic (exact) mass is 388 g/mol. The number of amidine groups is 1. The minimum atomic E-state index is 0.124. The highest BCUT2D eigenvalue weighted by Gasteiger charge is 2.13. The quantitative estimate of drug-likeness (QED) is 0.822. The van der Waals surface area contributed by atoms with Gasteiger partial charge in [-0.1, -0.05) is 30.3 Å². The van der Waals surface area contributed by atoms with E-state index in [0.717, 1.165) is 22.5 Å². The molecule has 0 bridgehead atoms. The molecule has 1 aliphatic heterocycles. The van der Waals surface area contributed by atoms with Crippen molar-refractivity contribution in [2.45, 2.75) is 0 Å². The summed E-state index contributed by atoms with van der Waals surface area (Å²) in [4.78, 5) is 12.4. The van der Waals surface area contributed by atoms with Crippen LogP contribution in [0.1, 0.15) is 16.7 Å². The molecule has 1 N–H and O–H groups in total. The van der Waals surface area contributed by atoms with Gasteiger partial charge in [0.2, 0.25) is 0 Å². The maximum absolute atomic E-state index is 9.05. The average molecular weight is 388 g/mol. The van der Waals surface area contributed by atoms with Gasteiger partial charge in [-0.05, 0) is 47.5 Å². The fraction of sp³-hybridized carbons (Fsp3) is 0.217. The number of rotatable bonds is 6. The van der Waals surface area contributed by atoms with E-state index in [1.54, 1.807) is 11.1 Å². The molecule has 0 radical (unpaired) electrons. The van der Waals surface area contributed by atoms with Crippen LogP contribution in [0.2, 0.25) is 0 Å². The normalized spacial score (nSPS) is 15.4. The zero-order valence-electron chi connectivity index (χ0n) is 16.6. The van der Waals surface area contributed by atoms with Crippen molar-refractivity contribution in [2.75, 3.05) is 38.8 Å². The van der Waals surface area contributed by atoms with Gasteiger partial charge in [0.25, 0.3) is 0 Å². The number of nitriles is 1. The number of aliphatic hydroxyl groups is 1. The van der Waals surface area contributed by atoms with Crippen molar-refractivity contribution in [3.05, 3.63) is 77.0 Å². The van der Waals surface area contributed by atoms with E-state index >= 15 is 0 Å². The second-order valence-corrected chi connectivity index (χ2v) is 6.68. The molecule has 0 atom stereocenters. The molecular formula is C23H24N4O2. The molecule has 2 aromatic carbocycles. The smallest absolute Gasteiger partial charge is 0.152 e. The molecule has 0 saturated heterocycles. The molecule has 6 nitrogen and oxygen atoms in total. The third-order valence-corrected chi connectivity index (χ3v) is 4.53. The Bertz CT molecular complexity index is 971. The van der Waals surface area contributed by atoms with Gasteiger partial charge in [0.15, 0.2) is 5.84 Å². The predicted octanol–water partition coefficient (Wildman–Crippen LogP) is 3.32. The van der Waals surface area contributed by atoms with Gasteiger partial charge in [0, 0.05) is 26.3 Å². The highest BCUT2D eigenvalue weighted by atomic mass is 16.7. The largest absolute Gasteiger partial charge is 0.395 e. The van der Waals surface area contributed by atoms with Crippen LogP contribution in [0.5, 0.6) is 0 Å². The number of hydrogen-bond donors (Lipinski definition) is 1. The molecule has 0 aliphatic carbocycles. The second kappa shape index (κ2) is 9.69. The van der Waals surface area contributed by atoms with Crippen LogP contribution in [0, 0.1) is 11.3 Å². The predicted molar refractivity (Wildman–Crippen MR) is 116 cm³/mol. The summed E-state index contributed by atoms with van der Waals surface area (Å²) in [5.41, 5.74) is 4.45. The Kier molecular flexibility index (Phi) is 6.80. The molecule has 0 aromatic heterocycles. The Morgan fingerprint density at radius 1 is 1.21 bits per heavy atom. The molecular weight excluding hydrogens is 364 g/mol. The topological polar surface area (TPSA) is 72.1 Å². The van der Waals surface area contributed by atoms with Crippen LogP contribution in [0.3, 0.4) is 0 Å². The van der Waals surface area contributed by atoms with E-state index in [9.17, 15) is 0 Å². The Balaban J connectivity index is 1.77. The second-order valence-electron chi connectivity index (χ2n) is 6.68. The summed E-state index contributed by atoms with van der Waals surface area (Å²) in [6.45, 7) is 1.11. The van der Waals surface area contributed by atoms with E-state index in [2.05, 4.69) is 11.1 Å². The minimum Gasteiger partial charge on any atom is -0.395 e. The van der Waals surface area contributed by atoms with Crippen molar-refractivity contribution < 1.29 is 9.94 Å². The van der Waals surface area contributed by atoms with Crippen LogP contribution in [-0.4, -0.2) is 49.9 Å². The summed E-state index contributed by atoms with van der Waals surface area (Å²) in [5.74, 6) is 0.684. The number of aliphatic hydroxyl groups excluding tert-OH is 1. The minimum absolute atomic E-state index is 0.124. The van der Waals surface area contributed by atoms with Crippen LogP contribution in [0.15, 0.2) is 65.3 Å². The van der Waals surface area contributed by atoms with Crippen LogP contribution in [-0.2, 0) is 4.84 Å². The third-order valence-electron chi connectivity index (χ3n) is 4.53. The number of likely N-dealkylation sites (N-methyl/N-ethyl adjacent to an activating group) is 2. The lowest BCUT2D eigenvalue weighted by atomic mass is 10.1. The molecule has 1 aliphatic rings. The van der Waals surface area contributed by atoms with Crippen LogP contribution < -0.4 is 4.90 Å². The number of benzene rings is 2. The highest BCUT2D eigenvalue weighted by molar-refractivity contribution is 5.97. The molecule has 0 spiro atoms. The van der Waals surface area contributed by atoms with Gasteiger partial charge in [0.05, 0.1) is 23.9 Å². The fourth-order valence-corrected chi connectivity index (χ4v) is 2.87. The zero-order valence-corrected chi connectivity index (χ0v) is 16.6. The van der Waals surface area contributed by atoms with Gasteiger partial charge in [-0.2, -0.15) is 5.26 Å².